The highest BCUT2D eigenvalue weighted by atomic mass is 79.9. The smallest absolute Gasteiger partial charge is 0.248 e. The van der Waals surface area contributed by atoms with E-state index in [0.29, 0.717) is 24.2 Å². The summed E-state index contributed by atoms with van der Waals surface area (Å²) in [6, 6.07) is 29.9. The lowest BCUT2D eigenvalue weighted by Gasteiger charge is -2.24. The Morgan fingerprint density at radius 2 is 1.68 bits per heavy atom. The highest BCUT2D eigenvalue weighted by Gasteiger charge is 2.42. The summed E-state index contributed by atoms with van der Waals surface area (Å²) in [6.07, 6.45) is 0.594. The second kappa shape index (κ2) is 14.3. The molecule has 1 heterocycles. The average Bonchev–Trinajstić information content (AvgIpc) is 3.36. The minimum Gasteiger partial charge on any atom is -0.496 e. The molecule has 9 heteroatoms. The van der Waals surface area contributed by atoms with Gasteiger partial charge in [-0.1, -0.05) is 64.2 Å². The van der Waals surface area contributed by atoms with Crippen molar-refractivity contribution in [2.24, 2.45) is 5.73 Å². The van der Waals surface area contributed by atoms with Crippen LogP contribution in [0, 0.1) is 11.8 Å². The number of carbonyl (C=O) groups is 3. The van der Waals surface area contributed by atoms with Crippen molar-refractivity contribution in [1.29, 1.82) is 0 Å². The molecule has 1 aliphatic heterocycles. The number of amides is 3. The van der Waals surface area contributed by atoms with Crippen molar-refractivity contribution >= 4 is 51.1 Å². The molecule has 0 bridgehead atoms. The Morgan fingerprint density at radius 1 is 0.955 bits per heavy atom. The third kappa shape index (κ3) is 7.51. The Hall–Kier alpha value is -4.52. The molecule has 4 aromatic carbocycles. The lowest BCUT2D eigenvalue weighted by Crippen LogP contribution is -2.34. The van der Waals surface area contributed by atoms with Gasteiger partial charge in [0.25, 0.3) is 0 Å². The molecule has 0 radical (unpaired) electrons. The number of rotatable bonds is 9. The minimum absolute atomic E-state index is 0.0161. The van der Waals surface area contributed by atoms with Crippen LogP contribution in [0.1, 0.15) is 44.4 Å². The number of nitrogens with zero attached hydrogens (tertiary/aromatic N) is 1. The number of thioether (sulfide) groups is 1. The molecule has 222 valence electrons. The Kier molecular flexibility index (Phi) is 10.1. The fourth-order valence-corrected chi connectivity index (χ4v) is 6.76. The highest BCUT2D eigenvalue weighted by molar-refractivity contribution is 9.10. The van der Waals surface area contributed by atoms with Gasteiger partial charge in [-0.05, 0) is 78.2 Å². The number of benzene rings is 4. The molecule has 2 atom stereocenters. The van der Waals surface area contributed by atoms with Crippen LogP contribution in [-0.4, -0.2) is 36.6 Å². The van der Waals surface area contributed by atoms with Gasteiger partial charge in [0.05, 0.1) is 12.4 Å². The van der Waals surface area contributed by atoms with Crippen LogP contribution in [-0.2, 0) is 16.0 Å². The van der Waals surface area contributed by atoms with Crippen molar-refractivity contribution in [2.45, 2.75) is 23.5 Å². The van der Waals surface area contributed by atoms with E-state index in [0.717, 1.165) is 32.5 Å². The average molecular weight is 669 g/mol. The van der Waals surface area contributed by atoms with Gasteiger partial charge in [0.2, 0.25) is 17.7 Å². The normalized spacial score (nSPS) is 15.8. The van der Waals surface area contributed by atoms with Crippen LogP contribution in [0.25, 0.3) is 0 Å². The van der Waals surface area contributed by atoms with E-state index in [1.165, 1.54) is 11.8 Å². The largest absolute Gasteiger partial charge is 0.496 e. The van der Waals surface area contributed by atoms with E-state index in [2.05, 4.69) is 33.1 Å². The maximum Gasteiger partial charge on any atom is 0.248 e. The zero-order valence-electron chi connectivity index (χ0n) is 24.0. The summed E-state index contributed by atoms with van der Waals surface area (Å²) in [7, 11) is 1.61. The number of hydrogen-bond acceptors (Lipinski definition) is 5. The monoisotopic (exact) mass is 667 g/mol. The van der Waals surface area contributed by atoms with Gasteiger partial charge in [-0.25, -0.2) is 0 Å². The summed E-state index contributed by atoms with van der Waals surface area (Å²) < 4.78 is 6.35. The van der Waals surface area contributed by atoms with Crippen LogP contribution in [0.3, 0.4) is 0 Å². The summed E-state index contributed by atoms with van der Waals surface area (Å²) >= 11 is 4.88. The van der Waals surface area contributed by atoms with Gasteiger partial charge >= 0.3 is 0 Å². The molecule has 1 saturated heterocycles. The lowest BCUT2D eigenvalue weighted by molar-refractivity contribution is -0.124. The van der Waals surface area contributed by atoms with Gasteiger partial charge in [-0.15, -0.1) is 11.8 Å². The lowest BCUT2D eigenvalue weighted by atomic mass is 10.1. The van der Waals surface area contributed by atoms with Crippen LogP contribution in [0.2, 0.25) is 0 Å². The van der Waals surface area contributed by atoms with Crippen molar-refractivity contribution in [2.75, 3.05) is 18.6 Å². The van der Waals surface area contributed by atoms with Crippen molar-refractivity contribution in [3.63, 3.8) is 0 Å². The fourth-order valence-electron chi connectivity index (χ4n) is 4.90. The molecular formula is C35H30BrN3O4S. The second-order valence-corrected chi connectivity index (χ2v) is 12.3. The minimum atomic E-state index is -0.616. The Bertz CT molecular complexity index is 1730. The number of carbonyl (C=O) groups excluding carboxylic acids is 3. The summed E-state index contributed by atoms with van der Waals surface area (Å²) in [5, 5.41) is 1.92. The van der Waals surface area contributed by atoms with Gasteiger partial charge < -0.3 is 15.8 Å². The zero-order valence-corrected chi connectivity index (χ0v) is 26.4. The highest BCUT2D eigenvalue weighted by Crippen LogP contribution is 2.46. The first-order valence-corrected chi connectivity index (χ1v) is 15.7. The summed E-state index contributed by atoms with van der Waals surface area (Å²) in [5.41, 5.74) is 9.98. The molecule has 1 fully saturated rings. The standard InChI is InChI=1S/C35H30BrN3O4S/c1-43-30-17-16-28(36)20-26(30)18-19-38-32(40)22-31-34(42)39(29-9-5-8-27(21-29)33(37)41)35(44-31)25-14-12-24(13-15-25)11-10-23-6-3-2-4-7-23/h2-9,12-17,20-21,31,35H,18-19,22H2,1H3,(H2,37,41)(H,38,40)/t31-,35+/m1/s1. The number of nitrogens with one attached hydrogen (secondary N) is 1. The molecule has 4 aromatic rings. The first kappa shape index (κ1) is 30.9. The van der Waals surface area contributed by atoms with Crippen LogP contribution < -0.4 is 20.7 Å². The number of hydrogen-bond donors (Lipinski definition) is 2. The number of anilines is 1. The van der Waals surface area contributed by atoms with Crippen LogP contribution >= 0.6 is 27.7 Å². The van der Waals surface area contributed by atoms with E-state index >= 15 is 0 Å². The van der Waals surface area contributed by atoms with Gasteiger partial charge in [0.1, 0.15) is 11.1 Å². The molecule has 0 saturated carbocycles. The van der Waals surface area contributed by atoms with E-state index in [1.807, 2.05) is 72.8 Å². The number of ether oxygens (including phenoxy) is 1. The fraction of sp³-hybridized carbons (Fsp3) is 0.171. The van der Waals surface area contributed by atoms with Gasteiger partial charge in [-0.2, -0.15) is 0 Å². The van der Waals surface area contributed by atoms with E-state index in [-0.39, 0.29) is 18.2 Å². The van der Waals surface area contributed by atoms with E-state index in [9.17, 15) is 14.4 Å². The summed E-state index contributed by atoms with van der Waals surface area (Å²) in [4.78, 5) is 40.4. The van der Waals surface area contributed by atoms with Crippen molar-refractivity contribution in [1.82, 2.24) is 5.32 Å². The first-order valence-electron chi connectivity index (χ1n) is 14.0. The number of nitrogens with two attached hydrogens (primary N) is 1. The molecule has 7 nitrogen and oxygen atoms in total. The number of methoxy groups -OCH3 is 1. The SMILES string of the molecule is COc1ccc(Br)cc1CCNC(=O)C[C@H]1S[C@@H](c2ccc(C#Cc3ccccc3)cc2)N(c2cccc(C(N)=O)c2)C1=O. The molecule has 3 amide bonds. The molecule has 0 unspecified atom stereocenters. The molecule has 5 rings (SSSR count). The second-order valence-electron chi connectivity index (χ2n) is 10.1. The van der Waals surface area contributed by atoms with Gasteiger partial charge in [-0.3, -0.25) is 19.3 Å². The van der Waals surface area contributed by atoms with Crippen LogP contribution in [0.4, 0.5) is 5.69 Å². The van der Waals surface area contributed by atoms with Crippen LogP contribution in [0.15, 0.2) is 102 Å². The molecule has 1 aliphatic rings. The Morgan fingerprint density at radius 3 is 2.39 bits per heavy atom. The molecule has 0 aromatic heterocycles. The summed E-state index contributed by atoms with van der Waals surface area (Å²) in [6.45, 7) is 0.399. The molecule has 3 N–H and O–H groups in total. The molecule has 44 heavy (non-hydrogen) atoms. The predicted molar refractivity (Wildman–Crippen MR) is 177 cm³/mol. The van der Waals surface area contributed by atoms with Crippen molar-refractivity contribution < 1.29 is 19.1 Å². The first-order chi connectivity index (χ1) is 21.3. The zero-order chi connectivity index (χ0) is 31.1. The topological polar surface area (TPSA) is 102 Å². The third-order valence-corrected chi connectivity index (χ3v) is 9.03. The third-order valence-electron chi connectivity index (χ3n) is 7.10. The van der Waals surface area contributed by atoms with E-state index in [4.69, 9.17) is 10.5 Å². The van der Waals surface area contributed by atoms with Gasteiger partial charge in [0.15, 0.2) is 0 Å². The number of halogens is 1. The Labute approximate surface area is 269 Å². The molecular weight excluding hydrogens is 638 g/mol. The molecule has 0 spiro atoms. The maximum absolute atomic E-state index is 13.8. The number of primary amides is 1. The summed E-state index contributed by atoms with van der Waals surface area (Å²) in [5.74, 6) is 6.07. The Balaban J connectivity index is 1.33. The van der Waals surface area contributed by atoms with Crippen molar-refractivity contribution in [3.05, 3.63) is 129 Å². The maximum atomic E-state index is 13.8. The molecule has 0 aliphatic carbocycles. The van der Waals surface area contributed by atoms with E-state index in [1.54, 1.807) is 36.3 Å². The predicted octanol–water partition coefficient (Wildman–Crippen LogP) is 5.85. The quantitative estimate of drug-likeness (QED) is 0.218. The van der Waals surface area contributed by atoms with Crippen LogP contribution in [0.5, 0.6) is 5.75 Å². The van der Waals surface area contributed by atoms with E-state index < -0.39 is 16.5 Å². The van der Waals surface area contributed by atoms with Gasteiger partial charge in [0, 0.05) is 39.8 Å². The van der Waals surface area contributed by atoms with Crippen molar-refractivity contribution in [3.8, 4) is 17.6 Å².